The molecule has 0 amide bonds. The van der Waals surface area contributed by atoms with Gasteiger partial charge < -0.3 is 5.32 Å². The van der Waals surface area contributed by atoms with E-state index in [0.29, 0.717) is 5.82 Å². The van der Waals surface area contributed by atoms with Crippen molar-refractivity contribution in [3.63, 3.8) is 0 Å². The van der Waals surface area contributed by atoms with Gasteiger partial charge in [0.05, 0.1) is 23.6 Å². The average molecular weight is 153 g/mol. The fourth-order valence-corrected chi connectivity index (χ4v) is 0.648. The first-order chi connectivity index (χ1) is 4.83. The highest BCUT2D eigenvalue weighted by Gasteiger charge is 1.88. The van der Waals surface area contributed by atoms with E-state index in [4.69, 9.17) is 0 Å². The molecule has 1 rings (SSSR count). The Morgan fingerprint density at radius 1 is 1.50 bits per heavy atom. The maximum absolute atomic E-state index is 4.56. The number of nitrogens with zero attached hydrogens (tertiary/aromatic N) is 2. The number of rotatable bonds is 2. The summed E-state index contributed by atoms with van der Waals surface area (Å²) in [6.07, 6.45) is 3.32. The Bertz CT molecular complexity index is 219. The van der Waals surface area contributed by atoms with Gasteiger partial charge in [-0.1, -0.05) is 12.2 Å². The molecule has 0 atom stereocenters. The lowest BCUT2D eigenvalue weighted by molar-refractivity contribution is 1.12. The quantitative estimate of drug-likeness (QED) is 0.647. The first kappa shape index (κ1) is 7.08. The van der Waals surface area contributed by atoms with Gasteiger partial charge in [-0.25, -0.2) is 4.98 Å². The highest BCUT2D eigenvalue weighted by Crippen LogP contribution is 1.97. The molecule has 0 saturated carbocycles. The van der Waals surface area contributed by atoms with Gasteiger partial charge in [-0.05, 0) is 6.92 Å². The maximum Gasteiger partial charge on any atom is 0.149 e. The molecule has 0 aliphatic heterocycles. The molecule has 0 aromatic carbocycles. The fourth-order valence-electron chi connectivity index (χ4n) is 0.527. The molecule has 3 nitrogen and oxygen atoms in total. The molecule has 1 aromatic heterocycles. The number of aromatic nitrogens is 2. The zero-order valence-corrected chi connectivity index (χ0v) is 6.35. The van der Waals surface area contributed by atoms with E-state index < -0.39 is 0 Å². The molecule has 0 saturated heterocycles. The predicted octanol–water partition coefficient (Wildman–Crippen LogP) is 1.15. The standard InChI is InChI=1S/C6H7N3S/c1-5-2-8-6(3-7-5)9-4-10/h2-4H,1H3,(H,8,9,10). The molecular formula is C6H7N3S. The van der Waals surface area contributed by atoms with Crippen LogP contribution in [0, 0.1) is 6.92 Å². The van der Waals surface area contributed by atoms with Crippen molar-refractivity contribution in [1.82, 2.24) is 9.97 Å². The minimum absolute atomic E-state index is 0.681. The van der Waals surface area contributed by atoms with Gasteiger partial charge in [-0.2, -0.15) is 0 Å². The molecule has 0 bridgehead atoms. The van der Waals surface area contributed by atoms with Crippen molar-refractivity contribution in [3.8, 4) is 0 Å². The van der Waals surface area contributed by atoms with Gasteiger partial charge >= 0.3 is 0 Å². The van der Waals surface area contributed by atoms with E-state index in [9.17, 15) is 0 Å². The summed E-state index contributed by atoms with van der Waals surface area (Å²) in [5.74, 6) is 0.681. The minimum Gasteiger partial charge on any atom is -0.336 e. The van der Waals surface area contributed by atoms with Crippen molar-refractivity contribution in [3.05, 3.63) is 18.1 Å². The summed E-state index contributed by atoms with van der Waals surface area (Å²) in [7, 11) is 0. The van der Waals surface area contributed by atoms with E-state index in [-0.39, 0.29) is 0 Å². The van der Waals surface area contributed by atoms with Crippen LogP contribution in [0.2, 0.25) is 0 Å². The summed E-state index contributed by atoms with van der Waals surface area (Å²) < 4.78 is 0. The first-order valence-corrected chi connectivity index (χ1v) is 3.29. The van der Waals surface area contributed by atoms with Crippen molar-refractivity contribution in [2.45, 2.75) is 6.92 Å². The minimum atomic E-state index is 0.681. The number of hydrogen-bond donors (Lipinski definition) is 1. The molecule has 10 heavy (non-hydrogen) atoms. The van der Waals surface area contributed by atoms with Crippen LogP contribution in [0.15, 0.2) is 12.4 Å². The molecular weight excluding hydrogens is 146 g/mol. The summed E-state index contributed by atoms with van der Waals surface area (Å²) in [4.78, 5) is 8.00. The van der Waals surface area contributed by atoms with Gasteiger partial charge in [-0.3, -0.25) is 4.98 Å². The van der Waals surface area contributed by atoms with E-state index in [0.717, 1.165) is 5.69 Å². The molecule has 0 aliphatic carbocycles. The Labute approximate surface area is 64.5 Å². The number of hydrogen-bond acceptors (Lipinski definition) is 3. The average Bonchev–Trinajstić information content (AvgIpc) is 1.95. The second-order valence-corrected chi connectivity index (χ2v) is 2.04. The van der Waals surface area contributed by atoms with Crippen LogP contribution in [-0.4, -0.2) is 15.5 Å². The normalized spacial score (nSPS) is 8.90. The Morgan fingerprint density at radius 2 is 2.30 bits per heavy atom. The van der Waals surface area contributed by atoms with Crippen molar-refractivity contribution in [2.75, 3.05) is 5.32 Å². The molecule has 4 heteroatoms. The van der Waals surface area contributed by atoms with Gasteiger partial charge in [0, 0.05) is 0 Å². The van der Waals surface area contributed by atoms with Crippen LogP contribution >= 0.6 is 12.2 Å². The van der Waals surface area contributed by atoms with Crippen LogP contribution < -0.4 is 5.32 Å². The van der Waals surface area contributed by atoms with Crippen LogP contribution in [-0.2, 0) is 0 Å². The van der Waals surface area contributed by atoms with Gasteiger partial charge in [0.1, 0.15) is 5.82 Å². The molecule has 52 valence electrons. The third-order valence-electron chi connectivity index (χ3n) is 0.988. The summed E-state index contributed by atoms with van der Waals surface area (Å²) in [6, 6.07) is 0. The largest absolute Gasteiger partial charge is 0.336 e. The van der Waals surface area contributed by atoms with Gasteiger partial charge in [-0.15, -0.1) is 0 Å². The van der Waals surface area contributed by atoms with Crippen molar-refractivity contribution in [1.29, 1.82) is 0 Å². The highest BCUT2D eigenvalue weighted by molar-refractivity contribution is 7.79. The number of aryl methyl sites for hydroxylation is 1. The summed E-state index contributed by atoms with van der Waals surface area (Å²) in [5.41, 5.74) is 2.30. The lowest BCUT2D eigenvalue weighted by atomic mass is 10.5. The zero-order valence-electron chi connectivity index (χ0n) is 5.53. The predicted molar refractivity (Wildman–Crippen MR) is 44.0 cm³/mol. The summed E-state index contributed by atoms with van der Waals surface area (Å²) in [6.45, 7) is 1.88. The Kier molecular flexibility index (Phi) is 2.28. The second kappa shape index (κ2) is 3.22. The maximum atomic E-state index is 4.56. The van der Waals surface area contributed by atoms with E-state index in [1.807, 2.05) is 6.92 Å². The molecule has 0 spiro atoms. The van der Waals surface area contributed by atoms with Crippen LogP contribution in [0.4, 0.5) is 5.82 Å². The highest BCUT2D eigenvalue weighted by atomic mass is 32.1. The van der Waals surface area contributed by atoms with Gasteiger partial charge in [0.2, 0.25) is 0 Å². The number of thiocarbonyl (C=S) groups is 1. The third kappa shape index (κ3) is 1.73. The Hall–Kier alpha value is -1.03. The van der Waals surface area contributed by atoms with Crippen LogP contribution in [0.1, 0.15) is 5.69 Å². The molecule has 0 aliphatic rings. The molecule has 1 heterocycles. The van der Waals surface area contributed by atoms with Crippen LogP contribution in [0.3, 0.4) is 0 Å². The fraction of sp³-hybridized carbons (Fsp3) is 0.167. The smallest absolute Gasteiger partial charge is 0.149 e. The molecule has 1 aromatic rings. The monoisotopic (exact) mass is 153 g/mol. The second-order valence-electron chi connectivity index (χ2n) is 1.81. The lowest BCUT2D eigenvalue weighted by Crippen LogP contribution is -1.96. The SMILES string of the molecule is Cc1cnc(NC=S)cn1. The van der Waals surface area contributed by atoms with Crippen molar-refractivity contribution in [2.24, 2.45) is 0 Å². The summed E-state index contributed by atoms with van der Waals surface area (Å²) in [5, 5.41) is 2.75. The topological polar surface area (TPSA) is 37.8 Å². The van der Waals surface area contributed by atoms with E-state index in [1.54, 1.807) is 12.4 Å². The third-order valence-corrected chi connectivity index (χ3v) is 1.11. The molecule has 1 N–H and O–H groups in total. The lowest BCUT2D eigenvalue weighted by Gasteiger charge is -1.95. The summed E-state index contributed by atoms with van der Waals surface area (Å²) >= 11 is 4.56. The molecule has 0 unspecified atom stereocenters. The molecule has 0 radical (unpaired) electrons. The number of nitrogens with one attached hydrogen (secondary N) is 1. The van der Waals surface area contributed by atoms with Crippen LogP contribution in [0.5, 0.6) is 0 Å². The van der Waals surface area contributed by atoms with Crippen molar-refractivity contribution >= 4 is 23.5 Å². The first-order valence-electron chi connectivity index (χ1n) is 2.82. The van der Waals surface area contributed by atoms with Gasteiger partial charge in [0.25, 0.3) is 0 Å². The molecule has 0 fully saturated rings. The van der Waals surface area contributed by atoms with Crippen LogP contribution in [0.25, 0.3) is 0 Å². The van der Waals surface area contributed by atoms with E-state index >= 15 is 0 Å². The van der Waals surface area contributed by atoms with E-state index in [2.05, 4.69) is 27.5 Å². The number of anilines is 1. The van der Waals surface area contributed by atoms with Gasteiger partial charge in [0.15, 0.2) is 0 Å². The van der Waals surface area contributed by atoms with E-state index in [1.165, 1.54) is 5.49 Å². The van der Waals surface area contributed by atoms with Crippen molar-refractivity contribution < 1.29 is 0 Å². The zero-order chi connectivity index (χ0) is 7.40. The Balaban J connectivity index is 2.78. The Morgan fingerprint density at radius 3 is 2.80 bits per heavy atom.